The van der Waals surface area contributed by atoms with Crippen molar-refractivity contribution in [2.24, 2.45) is 5.92 Å². The van der Waals surface area contributed by atoms with Gasteiger partial charge < -0.3 is 4.90 Å². The third-order valence-corrected chi connectivity index (χ3v) is 4.01. The fourth-order valence-electron chi connectivity index (χ4n) is 1.97. The van der Waals surface area contributed by atoms with Crippen LogP contribution in [0.15, 0.2) is 16.7 Å². The van der Waals surface area contributed by atoms with Crippen LogP contribution in [0.2, 0.25) is 5.02 Å². The molecule has 5 heteroatoms. The zero-order valence-electron chi connectivity index (χ0n) is 8.96. The van der Waals surface area contributed by atoms with E-state index in [2.05, 4.69) is 25.8 Å². The number of hydrogen-bond acceptors (Lipinski definition) is 2. The third-order valence-electron chi connectivity index (χ3n) is 2.86. The molecule has 0 bridgehead atoms. The van der Waals surface area contributed by atoms with Crippen LogP contribution in [0.1, 0.15) is 12.8 Å². The normalized spacial score (nSPS) is 24.0. The number of rotatable bonds is 3. The van der Waals surface area contributed by atoms with Crippen LogP contribution in [0.5, 0.6) is 0 Å². The van der Waals surface area contributed by atoms with Crippen LogP contribution >= 0.6 is 39.1 Å². The summed E-state index contributed by atoms with van der Waals surface area (Å²) in [6.45, 7) is 0.996. The van der Waals surface area contributed by atoms with E-state index < -0.39 is 0 Å². The minimum atomic E-state index is 0.375. The quantitative estimate of drug-likeness (QED) is 0.783. The highest BCUT2D eigenvalue weighted by Crippen LogP contribution is 2.34. The van der Waals surface area contributed by atoms with E-state index in [0.29, 0.717) is 16.3 Å². The lowest BCUT2D eigenvalue weighted by Gasteiger charge is -2.34. The highest BCUT2D eigenvalue weighted by atomic mass is 79.9. The first-order valence-electron chi connectivity index (χ1n) is 5.22. The number of pyridine rings is 1. The van der Waals surface area contributed by atoms with Gasteiger partial charge in [-0.2, -0.15) is 0 Å². The van der Waals surface area contributed by atoms with Crippen molar-refractivity contribution in [3.05, 3.63) is 21.8 Å². The van der Waals surface area contributed by atoms with Crippen molar-refractivity contribution in [2.75, 3.05) is 18.5 Å². The Labute approximate surface area is 114 Å². The van der Waals surface area contributed by atoms with Crippen molar-refractivity contribution in [3.63, 3.8) is 0 Å². The van der Waals surface area contributed by atoms with Gasteiger partial charge in [0.1, 0.15) is 5.82 Å². The van der Waals surface area contributed by atoms with Gasteiger partial charge in [-0.3, -0.25) is 0 Å². The van der Waals surface area contributed by atoms with Crippen molar-refractivity contribution in [1.82, 2.24) is 4.98 Å². The summed E-state index contributed by atoms with van der Waals surface area (Å²) >= 11 is 15.3. The van der Waals surface area contributed by atoms with Crippen LogP contribution < -0.4 is 4.90 Å². The van der Waals surface area contributed by atoms with Gasteiger partial charge in [0.25, 0.3) is 0 Å². The molecule has 2 nitrogen and oxygen atoms in total. The minimum Gasteiger partial charge on any atom is -0.358 e. The molecule has 1 aromatic heterocycles. The second-order valence-corrected chi connectivity index (χ2v) is 6.18. The summed E-state index contributed by atoms with van der Waals surface area (Å²) in [5, 5.41) is 1.02. The lowest BCUT2D eigenvalue weighted by atomic mass is 9.84. The Morgan fingerprint density at radius 1 is 1.56 bits per heavy atom. The molecule has 1 aliphatic rings. The van der Waals surface area contributed by atoms with Crippen LogP contribution in [0.3, 0.4) is 0 Å². The molecular formula is C11H13BrCl2N2. The second kappa shape index (κ2) is 5.11. The van der Waals surface area contributed by atoms with E-state index in [1.807, 2.05) is 13.1 Å². The van der Waals surface area contributed by atoms with Crippen LogP contribution in [-0.2, 0) is 0 Å². The van der Waals surface area contributed by atoms with Crippen molar-refractivity contribution >= 4 is 44.9 Å². The van der Waals surface area contributed by atoms with Gasteiger partial charge in [0.15, 0.2) is 0 Å². The Balaban J connectivity index is 2.00. The minimum absolute atomic E-state index is 0.375. The highest BCUT2D eigenvalue weighted by Gasteiger charge is 2.28. The largest absolute Gasteiger partial charge is 0.358 e. The fourth-order valence-corrected chi connectivity index (χ4v) is 3.41. The fraction of sp³-hybridized carbons (Fsp3) is 0.545. The molecule has 1 aromatic rings. The van der Waals surface area contributed by atoms with Crippen LogP contribution in [0, 0.1) is 5.92 Å². The molecule has 88 valence electrons. The Bertz CT molecular complexity index is 380. The molecular weight excluding hydrogens is 311 g/mol. The number of hydrogen-bond donors (Lipinski definition) is 0. The molecule has 0 aromatic carbocycles. The van der Waals surface area contributed by atoms with Gasteiger partial charge in [0.05, 0.1) is 9.50 Å². The number of aromatic nitrogens is 1. The van der Waals surface area contributed by atoms with Crippen molar-refractivity contribution in [2.45, 2.75) is 18.2 Å². The Morgan fingerprint density at radius 2 is 2.25 bits per heavy atom. The van der Waals surface area contributed by atoms with Crippen LogP contribution in [0.25, 0.3) is 0 Å². The molecule has 16 heavy (non-hydrogen) atoms. The molecule has 0 unspecified atom stereocenters. The van der Waals surface area contributed by atoms with Gasteiger partial charge >= 0.3 is 0 Å². The maximum absolute atomic E-state index is 5.96. The Hall–Kier alpha value is 0.01000. The van der Waals surface area contributed by atoms with Crippen LogP contribution in [-0.4, -0.2) is 24.0 Å². The van der Waals surface area contributed by atoms with E-state index in [9.17, 15) is 0 Å². The first-order chi connectivity index (χ1) is 7.56. The number of halogens is 3. The summed E-state index contributed by atoms with van der Waals surface area (Å²) in [6.07, 6.45) is 3.89. The molecule has 0 radical (unpaired) electrons. The average Bonchev–Trinajstić information content (AvgIpc) is 2.15. The van der Waals surface area contributed by atoms with Gasteiger partial charge in [-0.15, -0.1) is 11.6 Å². The van der Waals surface area contributed by atoms with Gasteiger partial charge in [-0.05, 0) is 40.8 Å². The summed E-state index contributed by atoms with van der Waals surface area (Å²) < 4.78 is 0.934. The predicted molar refractivity (Wildman–Crippen MR) is 72.6 cm³/mol. The number of nitrogens with zero attached hydrogens (tertiary/aromatic N) is 2. The van der Waals surface area contributed by atoms with E-state index in [1.54, 1.807) is 6.20 Å². The van der Waals surface area contributed by atoms with Crippen LogP contribution in [0.4, 0.5) is 5.82 Å². The van der Waals surface area contributed by atoms with E-state index in [4.69, 9.17) is 23.2 Å². The third kappa shape index (κ3) is 2.82. The molecule has 0 saturated heterocycles. The second-order valence-electron chi connectivity index (χ2n) is 4.27. The van der Waals surface area contributed by atoms with Gasteiger partial charge in [-0.1, -0.05) is 11.6 Å². The molecule has 2 rings (SSSR count). The first-order valence-corrected chi connectivity index (χ1v) is 6.83. The molecule has 1 heterocycles. The van der Waals surface area contributed by atoms with Gasteiger partial charge in [-0.25, -0.2) is 4.98 Å². The summed E-state index contributed by atoms with van der Waals surface area (Å²) in [7, 11) is 2.04. The number of alkyl halides is 1. The van der Waals surface area contributed by atoms with E-state index in [0.717, 1.165) is 29.7 Å². The molecule has 0 spiro atoms. The maximum atomic E-state index is 5.96. The molecule has 1 saturated carbocycles. The predicted octanol–water partition coefficient (Wildman–Crippen LogP) is 3.95. The van der Waals surface area contributed by atoms with E-state index in [1.165, 1.54) is 0 Å². The SMILES string of the molecule is CN(CC1CC(Cl)C1)c1ncc(Cl)cc1Br. The Morgan fingerprint density at radius 3 is 2.81 bits per heavy atom. The van der Waals surface area contributed by atoms with Crippen molar-refractivity contribution in [1.29, 1.82) is 0 Å². The standard InChI is InChI=1S/C11H13BrCl2N2/c1-16(6-7-2-8(13)3-7)11-10(12)4-9(14)5-15-11/h4-5,7-8H,2-3,6H2,1H3. The average molecular weight is 324 g/mol. The summed E-state index contributed by atoms with van der Waals surface area (Å²) in [5.41, 5.74) is 0. The first kappa shape index (κ1) is 12.5. The van der Waals surface area contributed by atoms with Crippen molar-refractivity contribution in [3.8, 4) is 0 Å². The number of anilines is 1. The Kier molecular flexibility index (Phi) is 3.98. The molecule has 0 aliphatic heterocycles. The molecule has 0 N–H and O–H groups in total. The summed E-state index contributed by atoms with van der Waals surface area (Å²) in [4.78, 5) is 6.47. The monoisotopic (exact) mass is 322 g/mol. The summed E-state index contributed by atoms with van der Waals surface area (Å²) in [6, 6.07) is 1.87. The molecule has 0 atom stereocenters. The smallest absolute Gasteiger partial charge is 0.142 e. The highest BCUT2D eigenvalue weighted by molar-refractivity contribution is 9.10. The van der Waals surface area contributed by atoms with Gasteiger partial charge in [0.2, 0.25) is 0 Å². The lowest BCUT2D eigenvalue weighted by molar-refractivity contribution is 0.328. The zero-order chi connectivity index (χ0) is 11.7. The molecule has 0 amide bonds. The van der Waals surface area contributed by atoms with E-state index >= 15 is 0 Å². The lowest BCUT2D eigenvalue weighted by Crippen LogP contribution is -2.35. The van der Waals surface area contributed by atoms with Crippen molar-refractivity contribution < 1.29 is 0 Å². The topological polar surface area (TPSA) is 16.1 Å². The zero-order valence-corrected chi connectivity index (χ0v) is 12.1. The molecule has 1 fully saturated rings. The van der Waals surface area contributed by atoms with E-state index in [-0.39, 0.29) is 0 Å². The van der Waals surface area contributed by atoms with Gasteiger partial charge in [0, 0.05) is 25.2 Å². The summed E-state index contributed by atoms with van der Waals surface area (Å²) in [5.74, 6) is 1.62. The molecule has 1 aliphatic carbocycles. The maximum Gasteiger partial charge on any atom is 0.142 e.